The molecule has 170 valence electrons. The van der Waals surface area contributed by atoms with Gasteiger partial charge in [-0.1, -0.05) is 80.9 Å². The van der Waals surface area contributed by atoms with Crippen LogP contribution in [0.1, 0.15) is 55.1 Å². The molecular formula is C26H34N2O3Si. The van der Waals surface area contributed by atoms with Gasteiger partial charge in [-0.3, -0.25) is 4.79 Å². The van der Waals surface area contributed by atoms with Crippen LogP contribution in [0.2, 0.25) is 18.1 Å². The number of aryl methyl sites for hydroxylation is 1. The molecule has 0 spiro atoms. The Morgan fingerprint density at radius 1 is 1.12 bits per heavy atom. The van der Waals surface area contributed by atoms with Crippen molar-refractivity contribution in [2.75, 3.05) is 0 Å². The molecule has 0 bridgehead atoms. The van der Waals surface area contributed by atoms with Gasteiger partial charge in [-0.25, -0.2) is 4.98 Å². The minimum Gasteiger partial charge on any atom is -0.481 e. The first-order valence-corrected chi connectivity index (χ1v) is 13.9. The predicted molar refractivity (Wildman–Crippen MR) is 130 cm³/mol. The molecule has 5 nitrogen and oxygen atoms in total. The molecule has 0 aliphatic carbocycles. The molecule has 1 unspecified atom stereocenters. The maximum absolute atomic E-state index is 11.8. The molecule has 6 heteroatoms. The van der Waals surface area contributed by atoms with Gasteiger partial charge in [0.05, 0.1) is 24.1 Å². The highest BCUT2D eigenvalue weighted by Gasteiger charge is 2.40. The van der Waals surface area contributed by atoms with Gasteiger partial charge in [0.1, 0.15) is 0 Å². The summed E-state index contributed by atoms with van der Waals surface area (Å²) in [5.41, 5.74) is 4.70. The third-order valence-electron chi connectivity index (χ3n) is 6.31. The van der Waals surface area contributed by atoms with Crippen LogP contribution < -0.4 is 0 Å². The van der Waals surface area contributed by atoms with Crippen LogP contribution in [0.25, 0.3) is 0 Å². The lowest BCUT2D eigenvalue weighted by atomic mass is 10.1. The second-order valence-electron chi connectivity index (χ2n) is 9.92. The zero-order valence-electron chi connectivity index (χ0n) is 19.9. The second-order valence-corrected chi connectivity index (χ2v) is 14.7. The van der Waals surface area contributed by atoms with Crippen LogP contribution in [0.5, 0.6) is 0 Å². The van der Waals surface area contributed by atoms with Crippen molar-refractivity contribution in [1.82, 2.24) is 9.55 Å². The minimum atomic E-state index is -2.17. The first kappa shape index (κ1) is 23.9. The summed E-state index contributed by atoms with van der Waals surface area (Å²) in [5, 5.41) is 9.69. The Morgan fingerprint density at radius 2 is 1.81 bits per heavy atom. The zero-order chi connectivity index (χ0) is 23.5. The van der Waals surface area contributed by atoms with Gasteiger partial charge >= 0.3 is 5.97 Å². The van der Waals surface area contributed by atoms with E-state index < -0.39 is 20.5 Å². The summed E-state index contributed by atoms with van der Waals surface area (Å²) in [6, 6.07) is 18.2. The normalized spacial score (nSPS) is 13.2. The summed E-state index contributed by atoms with van der Waals surface area (Å²) in [6.07, 6.45) is 1.79. The lowest BCUT2D eigenvalue weighted by Crippen LogP contribution is -2.43. The van der Waals surface area contributed by atoms with Crippen molar-refractivity contribution in [2.24, 2.45) is 0 Å². The van der Waals surface area contributed by atoms with Crippen LogP contribution in [0.4, 0.5) is 0 Å². The van der Waals surface area contributed by atoms with Crippen LogP contribution in [0, 0.1) is 6.92 Å². The van der Waals surface area contributed by atoms with E-state index in [-0.39, 0.29) is 11.5 Å². The number of carboxylic acids is 1. The number of carbonyl (C=O) groups is 1. The number of nitrogens with zero attached hydrogens (tertiary/aromatic N) is 2. The molecule has 1 heterocycles. The summed E-state index contributed by atoms with van der Waals surface area (Å²) in [7, 11) is -2.17. The van der Waals surface area contributed by atoms with Gasteiger partial charge in [-0.05, 0) is 30.6 Å². The Hall–Kier alpha value is -2.70. The van der Waals surface area contributed by atoms with Crippen LogP contribution >= 0.6 is 0 Å². The maximum atomic E-state index is 11.8. The van der Waals surface area contributed by atoms with Crippen molar-refractivity contribution in [2.45, 2.75) is 64.9 Å². The molecule has 0 saturated heterocycles. The fourth-order valence-corrected chi connectivity index (χ4v) is 4.63. The quantitative estimate of drug-likeness (QED) is 0.429. The van der Waals surface area contributed by atoms with Crippen molar-refractivity contribution in [1.29, 1.82) is 0 Å². The van der Waals surface area contributed by atoms with E-state index in [0.29, 0.717) is 12.1 Å². The van der Waals surface area contributed by atoms with Crippen molar-refractivity contribution >= 4 is 14.3 Å². The Labute approximate surface area is 192 Å². The van der Waals surface area contributed by atoms with Gasteiger partial charge in [0.2, 0.25) is 0 Å². The molecule has 3 aromatic rings. The van der Waals surface area contributed by atoms with E-state index in [4.69, 9.17) is 4.43 Å². The van der Waals surface area contributed by atoms with Gasteiger partial charge in [0, 0.05) is 12.0 Å². The van der Waals surface area contributed by atoms with E-state index in [1.54, 1.807) is 6.33 Å². The molecule has 3 rings (SSSR count). The molecule has 0 fully saturated rings. The molecule has 2 aromatic carbocycles. The lowest BCUT2D eigenvalue weighted by molar-refractivity contribution is -0.136. The standard InChI is InChI=1S/C26H34N2O3Si/c1-19-11-10-14-21(15-19)25(31-32(5,6)26(2,3)4)28-18-27-22(23(28)17-24(29)30)16-20-12-8-7-9-13-20/h7-15,18,25H,16-17H2,1-6H3,(H,29,30). The Balaban J connectivity index is 2.11. The smallest absolute Gasteiger partial charge is 0.309 e. The Bertz CT molecular complexity index is 1070. The van der Waals surface area contributed by atoms with Crippen LogP contribution in [-0.4, -0.2) is 28.9 Å². The molecule has 1 N–H and O–H groups in total. The van der Waals surface area contributed by atoms with Crippen molar-refractivity contribution in [3.8, 4) is 0 Å². The number of hydrogen-bond donors (Lipinski definition) is 1. The van der Waals surface area contributed by atoms with Crippen molar-refractivity contribution < 1.29 is 14.3 Å². The number of rotatable bonds is 8. The average molecular weight is 451 g/mol. The number of aliphatic carboxylic acids is 1. The summed E-state index contributed by atoms with van der Waals surface area (Å²) in [5.74, 6) is -0.878. The SMILES string of the molecule is Cc1cccc(C(O[Si](C)(C)C(C)(C)C)n2cnc(Cc3ccccc3)c2CC(=O)O)c1. The predicted octanol–water partition coefficient (Wildman–Crippen LogP) is 5.98. The molecule has 1 aromatic heterocycles. The summed E-state index contributed by atoms with van der Waals surface area (Å²) in [4.78, 5) is 16.5. The third-order valence-corrected chi connectivity index (χ3v) is 10.7. The second kappa shape index (κ2) is 9.43. The van der Waals surface area contributed by atoms with Crippen molar-refractivity contribution in [3.63, 3.8) is 0 Å². The molecule has 32 heavy (non-hydrogen) atoms. The van der Waals surface area contributed by atoms with E-state index in [1.165, 1.54) is 0 Å². The van der Waals surface area contributed by atoms with E-state index in [0.717, 1.165) is 22.4 Å². The van der Waals surface area contributed by atoms with E-state index in [2.05, 4.69) is 57.9 Å². The van der Waals surface area contributed by atoms with Gasteiger partial charge in [-0.2, -0.15) is 0 Å². The fourth-order valence-electron chi connectivity index (χ4n) is 3.47. The monoisotopic (exact) mass is 450 g/mol. The summed E-state index contributed by atoms with van der Waals surface area (Å²) >= 11 is 0. The van der Waals surface area contributed by atoms with Gasteiger partial charge in [0.25, 0.3) is 0 Å². The number of aromatic nitrogens is 2. The van der Waals surface area contributed by atoms with Gasteiger partial charge in [0.15, 0.2) is 14.5 Å². The highest BCUT2D eigenvalue weighted by atomic mass is 28.4. The lowest BCUT2D eigenvalue weighted by Gasteiger charge is -2.40. The maximum Gasteiger partial charge on any atom is 0.309 e. The summed E-state index contributed by atoms with van der Waals surface area (Å²) in [6.45, 7) is 13.1. The molecular weight excluding hydrogens is 416 g/mol. The largest absolute Gasteiger partial charge is 0.481 e. The highest BCUT2D eigenvalue weighted by molar-refractivity contribution is 6.74. The number of carboxylic acid groups (broad SMARTS) is 1. The number of imidazole rings is 1. The number of hydrogen-bond acceptors (Lipinski definition) is 3. The topological polar surface area (TPSA) is 64.4 Å². The summed E-state index contributed by atoms with van der Waals surface area (Å²) < 4.78 is 8.82. The van der Waals surface area contributed by atoms with Crippen LogP contribution in [-0.2, 0) is 22.1 Å². The molecule has 1 atom stereocenters. The third kappa shape index (κ3) is 5.55. The van der Waals surface area contributed by atoms with Crippen LogP contribution in [0.15, 0.2) is 60.9 Å². The molecule has 0 radical (unpaired) electrons. The average Bonchev–Trinajstić information content (AvgIpc) is 3.07. The Kier molecular flexibility index (Phi) is 7.05. The Morgan fingerprint density at radius 3 is 2.41 bits per heavy atom. The van der Waals surface area contributed by atoms with Crippen LogP contribution in [0.3, 0.4) is 0 Å². The minimum absolute atomic E-state index is 0.00941. The molecule has 0 aliphatic heterocycles. The van der Waals surface area contributed by atoms with Gasteiger partial charge < -0.3 is 14.1 Å². The first-order valence-electron chi connectivity index (χ1n) is 11.0. The van der Waals surface area contributed by atoms with Crippen molar-refractivity contribution in [3.05, 3.63) is 89.0 Å². The molecule has 0 saturated carbocycles. The van der Waals surface area contributed by atoms with E-state index in [9.17, 15) is 9.90 Å². The molecule has 0 aliphatic rings. The number of benzene rings is 2. The first-order chi connectivity index (χ1) is 15.0. The molecule has 0 amide bonds. The fraction of sp³-hybridized carbons (Fsp3) is 0.385. The highest BCUT2D eigenvalue weighted by Crippen LogP contribution is 2.40. The van der Waals surface area contributed by atoms with E-state index in [1.807, 2.05) is 47.0 Å². The van der Waals surface area contributed by atoms with Gasteiger partial charge in [-0.15, -0.1) is 0 Å². The van der Waals surface area contributed by atoms with E-state index >= 15 is 0 Å². The zero-order valence-corrected chi connectivity index (χ0v) is 20.9.